The van der Waals surface area contributed by atoms with Crippen molar-refractivity contribution in [2.45, 2.75) is 19.4 Å². The van der Waals surface area contributed by atoms with Crippen molar-refractivity contribution in [3.63, 3.8) is 0 Å². The fourth-order valence-corrected chi connectivity index (χ4v) is 2.99. The Labute approximate surface area is 136 Å². The van der Waals surface area contributed by atoms with Crippen LogP contribution in [0.15, 0.2) is 40.9 Å². The molecule has 1 N–H and O–H groups in total. The smallest absolute Gasteiger partial charge is 0.129 e. The monoisotopic (exact) mass is 373 g/mol. The van der Waals surface area contributed by atoms with Crippen LogP contribution in [0.2, 0.25) is 5.02 Å². The first kappa shape index (κ1) is 16.4. The average Bonchev–Trinajstić information content (AvgIpc) is 2.43. The van der Waals surface area contributed by atoms with Gasteiger partial charge in [-0.05, 0) is 48.9 Å². The van der Waals surface area contributed by atoms with E-state index in [1.165, 1.54) is 12.1 Å². The van der Waals surface area contributed by atoms with E-state index in [2.05, 4.69) is 21.2 Å². The van der Waals surface area contributed by atoms with Gasteiger partial charge in [-0.1, -0.05) is 40.5 Å². The summed E-state index contributed by atoms with van der Waals surface area (Å²) in [6.45, 7) is 2.55. The Balaban J connectivity index is 2.38. The van der Waals surface area contributed by atoms with Crippen molar-refractivity contribution in [3.8, 4) is 0 Å². The lowest BCUT2D eigenvalue weighted by molar-refractivity contribution is 0.498. The van der Waals surface area contributed by atoms with E-state index in [0.29, 0.717) is 29.1 Å². The van der Waals surface area contributed by atoms with Gasteiger partial charge in [0.1, 0.15) is 11.6 Å². The molecule has 0 radical (unpaired) electrons. The minimum Gasteiger partial charge on any atom is -0.310 e. The Kier molecular flexibility index (Phi) is 5.73. The molecule has 0 aliphatic rings. The van der Waals surface area contributed by atoms with E-state index in [1.54, 1.807) is 24.3 Å². The number of benzene rings is 2. The highest BCUT2D eigenvalue weighted by atomic mass is 79.9. The molecule has 1 atom stereocenters. The highest BCUT2D eigenvalue weighted by molar-refractivity contribution is 9.10. The van der Waals surface area contributed by atoms with E-state index < -0.39 is 0 Å². The van der Waals surface area contributed by atoms with Gasteiger partial charge in [-0.3, -0.25) is 0 Å². The maximum Gasteiger partial charge on any atom is 0.129 e. The van der Waals surface area contributed by atoms with Crippen LogP contribution in [0, 0.1) is 11.6 Å². The Morgan fingerprint density at radius 1 is 1.19 bits per heavy atom. The molecule has 0 saturated heterocycles. The number of halogens is 4. The largest absolute Gasteiger partial charge is 0.310 e. The summed E-state index contributed by atoms with van der Waals surface area (Å²) < 4.78 is 28.8. The molecule has 0 fully saturated rings. The number of nitrogens with one attached hydrogen (secondary N) is 1. The summed E-state index contributed by atoms with van der Waals surface area (Å²) in [5.74, 6) is -0.697. The molecule has 2 aromatic rings. The summed E-state index contributed by atoms with van der Waals surface area (Å²) in [5, 5.41) is 3.51. The number of hydrogen-bond acceptors (Lipinski definition) is 1. The summed E-state index contributed by atoms with van der Waals surface area (Å²) in [4.78, 5) is 0. The summed E-state index contributed by atoms with van der Waals surface area (Å²) in [7, 11) is 0. The lowest BCUT2D eigenvalue weighted by Crippen LogP contribution is -2.24. The van der Waals surface area contributed by atoms with Gasteiger partial charge in [0.2, 0.25) is 0 Å². The van der Waals surface area contributed by atoms with E-state index in [1.807, 2.05) is 6.92 Å². The van der Waals surface area contributed by atoms with E-state index in [0.717, 1.165) is 4.47 Å². The average molecular weight is 375 g/mol. The van der Waals surface area contributed by atoms with Crippen molar-refractivity contribution >= 4 is 27.5 Å². The van der Waals surface area contributed by atoms with Crippen molar-refractivity contribution in [1.29, 1.82) is 0 Å². The molecule has 5 heteroatoms. The summed E-state index contributed by atoms with van der Waals surface area (Å²) in [6.07, 6.45) is 0.319. The van der Waals surface area contributed by atoms with Crippen LogP contribution in [0.1, 0.15) is 24.1 Å². The topological polar surface area (TPSA) is 12.0 Å². The minimum atomic E-state index is -0.385. The van der Waals surface area contributed by atoms with Crippen LogP contribution in [0.5, 0.6) is 0 Å². The van der Waals surface area contributed by atoms with E-state index in [9.17, 15) is 8.78 Å². The fraction of sp³-hybridized carbons (Fsp3) is 0.250. The zero-order valence-corrected chi connectivity index (χ0v) is 13.8. The fourth-order valence-electron chi connectivity index (χ4n) is 2.29. The standard InChI is InChI=1S/C16H15BrClF2N/c1-2-21-15(16-12(18)4-3-5-14(16)20)9-10-8-11(17)6-7-13(10)19/h3-8,15,21H,2,9H2,1H3. The number of likely N-dealkylation sites (N-methyl/N-ethyl adjacent to an activating group) is 1. The molecule has 2 aromatic carbocycles. The highest BCUT2D eigenvalue weighted by Gasteiger charge is 2.20. The van der Waals surface area contributed by atoms with Gasteiger partial charge in [0.05, 0.1) is 0 Å². The molecule has 0 aliphatic carbocycles. The van der Waals surface area contributed by atoms with Gasteiger partial charge in [-0.2, -0.15) is 0 Å². The van der Waals surface area contributed by atoms with Crippen molar-refractivity contribution in [2.75, 3.05) is 6.54 Å². The SMILES string of the molecule is CCNC(Cc1cc(Br)ccc1F)c1c(F)cccc1Cl. The number of hydrogen-bond donors (Lipinski definition) is 1. The first-order valence-electron chi connectivity index (χ1n) is 6.64. The van der Waals surface area contributed by atoms with Gasteiger partial charge in [-0.15, -0.1) is 0 Å². The first-order chi connectivity index (χ1) is 10.0. The molecule has 0 heterocycles. The summed E-state index contributed by atoms with van der Waals surface area (Å²) in [5.41, 5.74) is 0.884. The molecule has 0 aliphatic heterocycles. The molecule has 0 bridgehead atoms. The highest BCUT2D eigenvalue weighted by Crippen LogP contribution is 2.29. The van der Waals surface area contributed by atoms with E-state index in [4.69, 9.17) is 11.6 Å². The predicted molar refractivity (Wildman–Crippen MR) is 85.6 cm³/mol. The molecule has 0 spiro atoms. The molecule has 112 valence electrons. The quantitative estimate of drug-likeness (QED) is 0.751. The summed E-state index contributed by atoms with van der Waals surface area (Å²) >= 11 is 9.44. The number of rotatable bonds is 5. The molecule has 0 aromatic heterocycles. The van der Waals surface area contributed by atoms with Crippen LogP contribution in [-0.4, -0.2) is 6.54 Å². The molecule has 2 rings (SSSR count). The Morgan fingerprint density at radius 3 is 2.62 bits per heavy atom. The van der Waals surface area contributed by atoms with Crippen LogP contribution in [0.3, 0.4) is 0 Å². The molecule has 0 saturated carbocycles. The molecule has 1 nitrogen and oxygen atoms in total. The lowest BCUT2D eigenvalue weighted by atomic mass is 9.98. The Morgan fingerprint density at radius 2 is 1.95 bits per heavy atom. The zero-order chi connectivity index (χ0) is 15.4. The second-order valence-corrected chi connectivity index (χ2v) is 6.01. The van der Waals surface area contributed by atoms with Crippen LogP contribution >= 0.6 is 27.5 Å². The van der Waals surface area contributed by atoms with Gasteiger partial charge in [-0.25, -0.2) is 8.78 Å². The van der Waals surface area contributed by atoms with E-state index in [-0.39, 0.29) is 17.7 Å². The Bertz CT molecular complexity index is 613. The maximum absolute atomic E-state index is 14.1. The Hall–Kier alpha value is -0.970. The molecule has 0 amide bonds. The van der Waals surface area contributed by atoms with Gasteiger partial charge < -0.3 is 5.32 Å². The van der Waals surface area contributed by atoms with Crippen molar-refractivity contribution in [2.24, 2.45) is 0 Å². The van der Waals surface area contributed by atoms with Gasteiger partial charge >= 0.3 is 0 Å². The molecule has 1 unspecified atom stereocenters. The lowest BCUT2D eigenvalue weighted by Gasteiger charge is -2.20. The third-order valence-electron chi connectivity index (χ3n) is 3.23. The third kappa shape index (κ3) is 4.02. The molecular weight excluding hydrogens is 360 g/mol. The second kappa shape index (κ2) is 7.34. The summed E-state index contributed by atoms with van der Waals surface area (Å²) in [6, 6.07) is 8.91. The van der Waals surface area contributed by atoms with Crippen LogP contribution < -0.4 is 5.32 Å². The van der Waals surface area contributed by atoms with Crippen LogP contribution in [-0.2, 0) is 6.42 Å². The van der Waals surface area contributed by atoms with E-state index >= 15 is 0 Å². The van der Waals surface area contributed by atoms with Gasteiger partial charge in [0.15, 0.2) is 0 Å². The van der Waals surface area contributed by atoms with Crippen molar-refractivity contribution < 1.29 is 8.78 Å². The molecule has 21 heavy (non-hydrogen) atoms. The second-order valence-electron chi connectivity index (χ2n) is 4.69. The van der Waals surface area contributed by atoms with Crippen molar-refractivity contribution in [1.82, 2.24) is 5.32 Å². The minimum absolute atomic E-state index is 0.312. The predicted octanol–water partition coefficient (Wildman–Crippen LogP) is 5.27. The van der Waals surface area contributed by atoms with Crippen LogP contribution in [0.25, 0.3) is 0 Å². The van der Waals surface area contributed by atoms with Gasteiger partial charge in [0.25, 0.3) is 0 Å². The third-order valence-corrected chi connectivity index (χ3v) is 4.05. The van der Waals surface area contributed by atoms with Crippen molar-refractivity contribution in [3.05, 3.63) is 68.7 Å². The first-order valence-corrected chi connectivity index (χ1v) is 7.81. The molecular formula is C16H15BrClF2N. The zero-order valence-electron chi connectivity index (χ0n) is 11.5. The maximum atomic E-state index is 14.1. The van der Waals surface area contributed by atoms with Crippen LogP contribution in [0.4, 0.5) is 8.78 Å². The normalized spacial score (nSPS) is 12.4. The van der Waals surface area contributed by atoms with Gasteiger partial charge in [0, 0.05) is 21.1 Å².